The molecule has 1 atom stereocenters. The predicted molar refractivity (Wildman–Crippen MR) is 152 cm³/mol. The topological polar surface area (TPSA) is 110 Å². The number of hydrogen-bond acceptors (Lipinski definition) is 7. The van der Waals surface area contributed by atoms with Gasteiger partial charge in [-0.2, -0.15) is 5.26 Å². The number of fused-ring (bicyclic) bond motifs is 1. The van der Waals surface area contributed by atoms with Crippen molar-refractivity contribution in [1.29, 1.82) is 5.26 Å². The lowest BCUT2D eigenvalue weighted by Gasteiger charge is -2.27. The maximum Gasteiger partial charge on any atom is 0.346 e. The van der Waals surface area contributed by atoms with Crippen LogP contribution in [-0.2, 0) is 24.3 Å². The van der Waals surface area contributed by atoms with Gasteiger partial charge in [-0.05, 0) is 49.2 Å². The molecule has 0 amide bonds. The van der Waals surface area contributed by atoms with Gasteiger partial charge in [0, 0.05) is 29.7 Å². The summed E-state index contributed by atoms with van der Waals surface area (Å²) >= 11 is 1.09. The Morgan fingerprint density at radius 1 is 1.12 bits per heavy atom. The summed E-state index contributed by atoms with van der Waals surface area (Å²) < 4.78 is 57.1. The van der Waals surface area contributed by atoms with Gasteiger partial charge in [0.2, 0.25) is 0 Å². The Balaban J connectivity index is 1.25. The van der Waals surface area contributed by atoms with Gasteiger partial charge in [0.25, 0.3) is 5.88 Å². The summed E-state index contributed by atoms with van der Waals surface area (Å²) in [6.45, 7) is 2.57. The molecule has 1 saturated heterocycles. The third kappa shape index (κ3) is 5.57. The van der Waals surface area contributed by atoms with Crippen molar-refractivity contribution in [2.75, 3.05) is 6.61 Å². The second-order valence-electron chi connectivity index (χ2n) is 10.1. The molecule has 0 spiro atoms. The highest BCUT2D eigenvalue weighted by molar-refractivity contribution is 7.20. The van der Waals surface area contributed by atoms with E-state index < -0.39 is 23.4 Å². The highest BCUT2D eigenvalue weighted by Gasteiger charge is 2.26. The lowest BCUT2D eigenvalue weighted by molar-refractivity contribution is -0.0589. The molecule has 12 heteroatoms. The fraction of sp³-hybridized carbons (Fsp3) is 0.226. The van der Waals surface area contributed by atoms with E-state index in [9.17, 15) is 18.7 Å². The number of halogens is 3. The van der Waals surface area contributed by atoms with Crippen molar-refractivity contribution in [3.8, 4) is 23.2 Å². The van der Waals surface area contributed by atoms with E-state index in [1.807, 2.05) is 10.6 Å². The predicted octanol–water partition coefficient (Wildman–Crippen LogP) is 6.41. The summed E-state index contributed by atoms with van der Waals surface area (Å²) in [5.41, 5.74) is 2.60. The summed E-state index contributed by atoms with van der Waals surface area (Å²) in [5, 5.41) is 18.5. The number of imidazole rings is 1. The van der Waals surface area contributed by atoms with Crippen molar-refractivity contribution in [3.05, 3.63) is 98.9 Å². The summed E-state index contributed by atoms with van der Waals surface area (Å²) in [6, 6.07) is 12.8. The van der Waals surface area contributed by atoms with Crippen molar-refractivity contribution in [1.82, 2.24) is 14.5 Å². The smallest absolute Gasteiger partial charge is 0.346 e. The molecule has 0 saturated carbocycles. The third-order valence-corrected chi connectivity index (χ3v) is 8.50. The molecule has 2 aromatic carbocycles. The Morgan fingerprint density at radius 3 is 2.56 bits per heavy atom. The quantitative estimate of drug-likeness (QED) is 0.207. The summed E-state index contributed by atoms with van der Waals surface area (Å²) in [4.78, 5) is 21.3. The monoisotopic (exact) mass is 604 g/mol. The molecule has 8 nitrogen and oxygen atoms in total. The highest BCUT2D eigenvalue weighted by Crippen LogP contribution is 2.34. The normalized spacial score (nSPS) is 14.4. The molecule has 1 fully saturated rings. The minimum atomic E-state index is -1.01. The van der Waals surface area contributed by atoms with Gasteiger partial charge >= 0.3 is 5.97 Å². The summed E-state index contributed by atoms with van der Waals surface area (Å²) in [5.74, 6) is -2.74. The molecule has 4 heterocycles. The van der Waals surface area contributed by atoms with Crippen LogP contribution in [0.1, 0.15) is 44.2 Å². The van der Waals surface area contributed by atoms with Gasteiger partial charge in [-0.15, -0.1) is 11.3 Å². The van der Waals surface area contributed by atoms with E-state index in [1.54, 1.807) is 19.1 Å². The molecule has 43 heavy (non-hydrogen) atoms. The SMILES string of the molecule is Cc1c(C(=O)O)sc2nc(Cc3ccc(-c4ccc(F)c(OCc5ccc(C#N)cc5F)n4)cc3F)n(CC3CCO3)c12. The van der Waals surface area contributed by atoms with Crippen LogP contribution in [0.3, 0.4) is 0 Å². The fourth-order valence-corrected chi connectivity index (χ4v) is 5.98. The first-order valence-corrected chi connectivity index (χ1v) is 14.1. The molecule has 3 aromatic heterocycles. The van der Waals surface area contributed by atoms with Crippen molar-refractivity contribution in [2.45, 2.75) is 39.0 Å². The first-order valence-electron chi connectivity index (χ1n) is 13.3. The van der Waals surface area contributed by atoms with Crippen LogP contribution in [-0.4, -0.2) is 38.3 Å². The number of nitriles is 1. The Kier molecular flexibility index (Phi) is 7.60. The Hall–Kier alpha value is -4.73. The average Bonchev–Trinajstić information content (AvgIpc) is 3.47. The van der Waals surface area contributed by atoms with E-state index in [2.05, 4.69) is 9.97 Å². The standard InChI is InChI=1S/C31H23F3N4O4S/c1-16-27-30(43-28(16)31(39)40)37-26(38(27)14-21-8-9-41-21)12-18-4-5-19(11-24(18)34)25-7-6-22(32)29(36-25)42-15-20-3-2-17(13-35)10-23(20)33/h2-7,10-11,21H,8-9,12,14-15H2,1H3,(H,39,40). The zero-order chi connectivity index (χ0) is 30.2. The van der Waals surface area contributed by atoms with Gasteiger partial charge in [0.1, 0.15) is 33.8 Å². The average molecular weight is 605 g/mol. The third-order valence-electron chi connectivity index (χ3n) is 7.34. The van der Waals surface area contributed by atoms with Crippen LogP contribution in [0.25, 0.3) is 21.6 Å². The molecule has 1 aliphatic heterocycles. The van der Waals surface area contributed by atoms with E-state index in [0.29, 0.717) is 46.0 Å². The lowest BCUT2D eigenvalue weighted by atomic mass is 10.0. The van der Waals surface area contributed by atoms with E-state index in [0.717, 1.165) is 29.9 Å². The lowest BCUT2D eigenvalue weighted by Crippen LogP contribution is -2.31. The zero-order valence-corrected chi connectivity index (χ0v) is 23.6. The summed E-state index contributed by atoms with van der Waals surface area (Å²) in [7, 11) is 0. The van der Waals surface area contributed by atoms with Gasteiger partial charge < -0.3 is 19.1 Å². The molecular weight excluding hydrogens is 581 g/mol. The second-order valence-corrected chi connectivity index (χ2v) is 11.1. The van der Waals surface area contributed by atoms with Crippen molar-refractivity contribution in [2.24, 2.45) is 0 Å². The van der Waals surface area contributed by atoms with Crippen molar-refractivity contribution < 1.29 is 32.5 Å². The number of carbonyl (C=O) groups is 1. The number of rotatable bonds is 9. The van der Waals surface area contributed by atoms with E-state index in [4.69, 9.17) is 14.7 Å². The number of aryl methyl sites for hydroxylation is 1. The number of benzene rings is 2. The van der Waals surface area contributed by atoms with E-state index >= 15 is 4.39 Å². The molecule has 218 valence electrons. The van der Waals surface area contributed by atoms with Gasteiger partial charge in [0.15, 0.2) is 5.82 Å². The number of carboxylic acids is 1. The maximum atomic E-state index is 15.4. The number of aromatic nitrogens is 3. The molecule has 0 bridgehead atoms. The van der Waals surface area contributed by atoms with Crippen LogP contribution in [0.15, 0.2) is 48.5 Å². The fourth-order valence-electron chi connectivity index (χ4n) is 4.94. The van der Waals surface area contributed by atoms with Crippen LogP contribution in [0.2, 0.25) is 0 Å². The number of carboxylic acid groups (broad SMARTS) is 1. The molecule has 6 rings (SSSR count). The zero-order valence-electron chi connectivity index (χ0n) is 22.7. The maximum absolute atomic E-state index is 15.4. The van der Waals surface area contributed by atoms with Crippen molar-refractivity contribution >= 4 is 27.7 Å². The van der Waals surface area contributed by atoms with Gasteiger partial charge in [0.05, 0.1) is 35.5 Å². The number of nitrogens with zero attached hydrogens (tertiary/aromatic N) is 4. The molecule has 1 N–H and O–H groups in total. The first-order chi connectivity index (χ1) is 20.7. The van der Waals surface area contributed by atoms with Crippen LogP contribution >= 0.6 is 11.3 Å². The number of pyridine rings is 1. The van der Waals surface area contributed by atoms with Crippen LogP contribution in [0.5, 0.6) is 5.88 Å². The second kappa shape index (κ2) is 11.5. The minimum Gasteiger partial charge on any atom is -0.477 e. The number of ether oxygens (including phenoxy) is 2. The van der Waals surface area contributed by atoms with E-state index in [1.165, 1.54) is 24.3 Å². The number of thiophene rings is 1. The van der Waals surface area contributed by atoms with Crippen LogP contribution in [0.4, 0.5) is 13.2 Å². The molecule has 0 radical (unpaired) electrons. The van der Waals surface area contributed by atoms with Crippen LogP contribution in [0, 0.1) is 35.7 Å². The van der Waals surface area contributed by atoms with Gasteiger partial charge in [-0.25, -0.2) is 27.9 Å². The minimum absolute atomic E-state index is 0.0229. The van der Waals surface area contributed by atoms with E-state index in [-0.39, 0.29) is 46.7 Å². The molecule has 0 aliphatic carbocycles. The Labute approximate surface area is 247 Å². The largest absolute Gasteiger partial charge is 0.477 e. The Morgan fingerprint density at radius 2 is 1.88 bits per heavy atom. The number of aromatic carboxylic acids is 1. The molecule has 1 unspecified atom stereocenters. The van der Waals surface area contributed by atoms with Crippen molar-refractivity contribution in [3.63, 3.8) is 0 Å². The van der Waals surface area contributed by atoms with Gasteiger partial charge in [-0.1, -0.05) is 18.2 Å². The number of hydrogen-bond donors (Lipinski definition) is 1. The molecule has 1 aliphatic rings. The summed E-state index contributed by atoms with van der Waals surface area (Å²) in [6.07, 6.45) is 1.00. The molecule has 5 aromatic rings. The first kappa shape index (κ1) is 28.4. The Bertz CT molecular complexity index is 1930. The highest BCUT2D eigenvalue weighted by atomic mass is 32.1. The molecular formula is C31H23F3N4O4S. The van der Waals surface area contributed by atoms with Gasteiger partial charge in [-0.3, -0.25) is 0 Å². The van der Waals surface area contributed by atoms with Crippen LogP contribution < -0.4 is 4.74 Å².